The normalized spacial score (nSPS) is 19.6. The lowest BCUT2D eigenvalue weighted by Crippen LogP contribution is -2.44. The molecule has 34 heavy (non-hydrogen) atoms. The number of nitrogens with zero attached hydrogens (tertiary/aromatic N) is 4. The quantitative estimate of drug-likeness (QED) is 0.409. The van der Waals surface area contributed by atoms with Gasteiger partial charge in [-0.15, -0.1) is 0 Å². The van der Waals surface area contributed by atoms with Gasteiger partial charge in [0.15, 0.2) is 11.8 Å². The average Bonchev–Trinajstić information content (AvgIpc) is 3.31. The van der Waals surface area contributed by atoms with Gasteiger partial charge < -0.3 is 15.7 Å². The fourth-order valence-corrected chi connectivity index (χ4v) is 5.19. The zero-order valence-electron chi connectivity index (χ0n) is 17.9. The Hall–Kier alpha value is -3.87. The van der Waals surface area contributed by atoms with Crippen molar-refractivity contribution in [1.82, 2.24) is 25.1 Å². The highest BCUT2D eigenvalue weighted by Crippen LogP contribution is 2.34. The predicted molar refractivity (Wildman–Crippen MR) is 123 cm³/mol. The number of aliphatic imine (C=N–C) groups is 1. The van der Waals surface area contributed by atoms with Crippen molar-refractivity contribution in [3.8, 4) is 5.75 Å². The Morgan fingerprint density at radius 2 is 2.09 bits per heavy atom. The second-order valence-electron chi connectivity index (χ2n) is 8.18. The van der Waals surface area contributed by atoms with Crippen molar-refractivity contribution >= 4 is 38.7 Å². The van der Waals surface area contributed by atoms with Crippen LogP contribution in [0.4, 0.5) is 10.1 Å². The van der Waals surface area contributed by atoms with Gasteiger partial charge in [0.25, 0.3) is 5.91 Å². The first kappa shape index (κ1) is 21.9. The molecule has 0 saturated carbocycles. The minimum Gasteiger partial charge on any atom is -0.506 e. The summed E-state index contributed by atoms with van der Waals surface area (Å²) in [7, 11) is -4.23. The highest BCUT2D eigenvalue weighted by atomic mass is 32.2. The average molecular weight is 488 g/mol. The number of halogens is 1. The molecule has 1 fully saturated rings. The second-order valence-corrected chi connectivity index (χ2v) is 9.78. The van der Waals surface area contributed by atoms with Crippen molar-refractivity contribution in [3.63, 3.8) is 0 Å². The number of amides is 1. The summed E-state index contributed by atoms with van der Waals surface area (Å²) in [6.07, 6.45) is 2.01. The fourth-order valence-electron chi connectivity index (χ4n) is 4.02. The van der Waals surface area contributed by atoms with E-state index in [4.69, 9.17) is 0 Å². The largest absolute Gasteiger partial charge is 0.506 e. The number of hydrogen-bond donors (Lipinski definition) is 4. The molecule has 1 amide bonds. The van der Waals surface area contributed by atoms with Crippen molar-refractivity contribution in [3.05, 3.63) is 54.0 Å². The number of aromatic nitrogens is 2. The maximum absolute atomic E-state index is 14.6. The Morgan fingerprint density at radius 1 is 1.26 bits per heavy atom. The van der Waals surface area contributed by atoms with Gasteiger partial charge in [-0.2, -0.15) is 13.5 Å². The Balaban J connectivity index is 1.20. The molecular weight excluding hydrogens is 465 g/mol. The number of hydrogen-bond acceptors (Lipinski definition) is 8. The molecule has 0 bridgehead atoms. The predicted octanol–water partition coefficient (Wildman–Crippen LogP) is 0.427. The van der Waals surface area contributed by atoms with Crippen LogP contribution in [-0.2, 0) is 28.1 Å². The molecule has 1 saturated heterocycles. The van der Waals surface area contributed by atoms with E-state index >= 15 is 0 Å². The molecule has 13 heteroatoms. The van der Waals surface area contributed by atoms with Gasteiger partial charge in [-0.25, -0.2) is 13.4 Å². The lowest BCUT2D eigenvalue weighted by molar-refractivity contribution is -0.117. The van der Waals surface area contributed by atoms with E-state index in [-0.39, 0.29) is 12.5 Å². The number of fused-ring (bicyclic) bond motifs is 1. The standard InChI is InChI=1S/C21H22FN7O4S/c22-16-5-13(6-18(30)20(16)29-12-19(31)27-34(29,32)33)7-23-21-24-8-14(9-25-21)10-28-11-15-3-1-2-4-17(15)26-28/h1-6,11,14,30H,7-10,12H2,(H,27,31)(H2,23,24,25). The summed E-state index contributed by atoms with van der Waals surface area (Å²) in [6, 6.07) is 10.3. The maximum Gasteiger partial charge on any atom is 0.326 e. The Kier molecular flexibility index (Phi) is 5.48. The van der Waals surface area contributed by atoms with Crippen LogP contribution in [0, 0.1) is 11.7 Å². The number of carbonyl (C=O) groups excluding carboxylic acids is 1. The van der Waals surface area contributed by atoms with E-state index in [1.54, 1.807) is 4.72 Å². The molecule has 0 radical (unpaired) electrons. The first-order valence-electron chi connectivity index (χ1n) is 10.6. The first-order chi connectivity index (χ1) is 16.3. The molecule has 178 valence electrons. The molecule has 0 aliphatic carbocycles. The number of aromatic hydroxyl groups is 1. The van der Waals surface area contributed by atoms with E-state index in [1.807, 2.05) is 35.1 Å². The van der Waals surface area contributed by atoms with Crippen LogP contribution in [0.1, 0.15) is 5.56 Å². The number of anilines is 1. The van der Waals surface area contributed by atoms with Crippen molar-refractivity contribution in [1.29, 1.82) is 0 Å². The highest BCUT2D eigenvalue weighted by Gasteiger charge is 2.37. The lowest BCUT2D eigenvalue weighted by Gasteiger charge is -2.23. The van der Waals surface area contributed by atoms with Crippen LogP contribution < -0.4 is 19.7 Å². The van der Waals surface area contributed by atoms with E-state index in [9.17, 15) is 22.7 Å². The molecule has 3 aromatic rings. The number of guanidine groups is 1. The summed E-state index contributed by atoms with van der Waals surface area (Å²) < 4.78 is 42.7. The van der Waals surface area contributed by atoms with Gasteiger partial charge in [-0.05, 0) is 23.8 Å². The topological polar surface area (TPSA) is 141 Å². The summed E-state index contributed by atoms with van der Waals surface area (Å²) in [4.78, 5) is 15.9. The fraction of sp³-hybridized carbons (Fsp3) is 0.286. The van der Waals surface area contributed by atoms with Crippen molar-refractivity contribution in [2.75, 3.05) is 23.9 Å². The van der Waals surface area contributed by atoms with E-state index < -0.39 is 39.9 Å². The third-order valence-corrected chi connectivity index (χ3v) is 6.98. The van der Waals surface area contributed by atoms with E-state index in [1.165, 1.54) is 6.07 Å². The van der Waals surface area contributed by atoms with Crippen LogP contribution in [0.15, 0.2) is 47.6 Å². The Morgan fingerprint density at radius 3 is 2.76 bits per heavy atom. The van der Waals surface area contributed by atoms with Crippen LogP contribution in [-0.4, -0.2) is 54.8 Å². The lowest BCUT2D eigenvalue weighted by atomic mass is 10.1. The summed E-state index contributed by atoms with van der Waals surface area (Å²) in [6.45, 7) is 1.53. The van der Waals surface area contributed by atoms with Crippen LogP contribution in [0.3, 0.4) is 0 Å². The summed E-state index contributed by atoms with van der Waals surface area (Å²) >= 11 is 0. The molecule has 3 heterocycles. The highest BCUT2D eigenvalue weighted by molar-refractivity contribution is 7.92. The Bertz CT molecular complexity index is 1350. The zero-order valence-corrected chi connectivity index (χ0v) is 18.7. The first-order valence-corrected chi connectivity index (χ1v) is 12.0. The third kappa shape index (κ3) is 4.33. The molecule has 2 aromatic carbocycles. The smallest absolute Gasteiger partial charge is 0.326 e. The number of phenolic OH excluding ortho intramolecular Hbond substituents is 1. The number of benzene rings is 2. The molecule has 1 atom stereocenters. The van der Waals surface area contributed by atoms with Gasteiger partial charge in [0.05, 0.1) is 5.52 Å². The van der Waals surface area contributed by atoms with Crippen molar-refractivity contribution in [2.24, 2.45) is 10.9 Å². The van der Waals surface area contributed by atoms with Gasteiger partial charge >= 0.3 is 10.2 Å². The maximum atomic E-state index is 14.6. The van der Waals surface area contributed by atoms with Gasteiger partial charge in [0, 0.05) is 43.7 Å². The third-order valence-electron chi connectivity index (χ3n) is 5.60. The van der Waals surface area contributed by atoms with Crippen LogP contribution >= 0.6 is 0 Å². The monoisotopic (exact) mass is 487 g/mol. The SMILES string of the molecule is O=C1CN(c2c(O)cc(CNC3=NCC(Cn4cc5ccccc5n4)CN3)cc2F)S(=O)(=O)N1. The zero-order chi connectivity index (χ0) is 23.9. The summed E-state index contributed by atoms with van der Waals surface area (Å²) in [5.41, 5.74) is 0.762. The number of nitrogens with one attached hydrogen (secondary N) is 3. The second kappa shape index (κ2) is 8.48. The number of rotatable bonds is 5. The molecule has 11 nitrogen and oxygen atoms in total. The summed E-state index contributed by atoms with van der Waals surface area (Å²) in [5, 5.41) is 22.2. The molecule has 2 aliphatic rings. The minimum absolute atomic E-state index is 0.149. The van der Waals surface area contributed by atoms with Crippen molar-refractivity contribution < 1.29 is 22.7 Å². The molecule has 4 N–H and O–H groups in total. The molecule has 5 rings (SSSR count). The van der Waals surface area contributed by atoms with Gasteiger partial charge in [-0.1, -0.05) is 18.2 Å². The molecule has 1 aromatic heterocycles. The van der Waals surface area contributed by atoms with E-state index in [0.29, 0.717) is 28.9 Å². The molecule has 2 aliphatic heterocycles. The van der Waals surface area contributed by atoms with Gasteiger partial charge in [0.1, 0.15) is 18.0 Å². The number of carbonyl (C=O) groups is 1. The van der Waals surface area contributed by atoms with E-state index in [2.05, 4.69) is 20.7 Å². The minimum atomic E-state index is -4.23. The molecule has 1 unspecified atom stereocenters. The summed E-state index contributed by atoms with van der Waals surface area (Å²) in [5.74, 6) is -1.55. The number of phenols is 1. The van der Waals surface area contributed by atoms with Crippen molar-refractivity contribution in [2.45, 2.75) is 13.1 Å². The van der Waals surface area contributed by atoms with Gasteiger partial charge in [-0.3, -0.25) is 14.5 Å². The Labute approximate surface area is 194 Å². The van der Waals surface area contributed by atoms with Crippen LogP contribution in [0.5, 0.6) is 5.75 Å². The molecule has 0 spiro atoms. The van der Waals surface area contributed by atoms with E-state index in [0.717, 1.165) is 23.5 Å². The molecular formula is C21H22FN7O4S. The van der Waals surface area contributed by atoms with Crippen LogP contribution in [0.2, 0.25) is 0 Å². The van der Waals surface area contributed by atoms with Gasteiger partial charge in [0.2, 0.25) is 0 Å². The van der Waals surface area contributed by atoms with Crippen LogP contribution in [0.25, 0.3) is 10.9 Å².